The van der Waals surface area contributed by atoms with Crippen molar-refractivity contribution >= 4 is 32.8 Å². The molecule has 1 unspecified atom stereocenters. The van der Waals surface area contributed by atoms with Crippen LogP contribution < -0.4 is 10.3 Å². The Morgan fingerprint density at radius 3 is 2.45 bits per heavy atom. The van der Waals surface area contributed by atoms with Crippen LogP contribution in [0.2, 0.25) is 0 Å². The molecule has 29 heavy (non-hydrogen) atoms. The van der Waals surface area contributed by atoms with Crippen molar-refractivity contribution in [1.29, 1.82) is 0 Å². The lowest BCUT2D eigenvalue weighted by molar-refractivity contribution is -0.699. The number of hydrogen-bond acceptors (Lipinski definition) is 8. The molecular formula is C14H23N4O8P2S+. The van der Waals surface area contributed by atoms with Crippen LogP contribution in [0.1, 0.15) is 40.0 Å². The van der Waals surface area contributed by atoms with E-state index in [1.54, 1.807) is 24.6 Å². The van der Waals surface area contributed by atoms with Crippen molar-refractivity contribution in [2.45, 2.75) is 39.8 Å². The van der Waals surface area contributed by atoms with E-state index in [1.807, 2.05) is 0 Å². The Morgan fingerprint density at radius 2 is 1.90 bits per heavy atom. The van der Waals surface area contributed by atoms with Crippen LogP contribution in [0.5, 0.6) is 0 Å². The number of aromatic nitrogens is 3. The maximum Gasteiger partial charge on any atom is 0.470 e. The first-order valence-corrected chi connectivity index (χ1v) is 12.2. The van der Waals surface area contributed by atoms with Crippen LogP contribution in [0, 0.1) is 13.8 Å². The standard InChI is InChI=1S/C14H22N4O8P2S/c1-8-12(4-5-25-27(19,20)21)29-14(9(2)26-28(22,23)24)18(8)7-11-6-16-10(3)17-13(11)15/h6,9H,4-5,7H2,1-3H3,(H5-,15,16,17,19,20,21,22,23,24)/p+1. The molecule has 162 valence electrons. The molecule has 0 saturated carbocycles. The number of aryl methyl sites for hydroxylation is 1. The second-order valence-electron chi connectivity index (χ2n) is 6.17. The van der Waals surface area contributed by atoms with Crippen LogP contribution in [0.3, 0.4) is 0 Å². The first-order chi connectivity index (χ1) is 13.3. The van der Waals surface area contributed by atoms with Gasteiger partial charge in [-0.2, -0.15) is 4.57 Å². The zero-order valence-electron chi connectivity index (χ0n) is 15.9. The van der Waals surface area contributed by atoms with Gasteiger partial charge in [0.15, 0.2) is 18.3 Å². The molecule has 0 amide bonds. The number of hydrogen-bond donors (Lipinski definition) is 5. The highest BCUT2D eigenvalue weighted by Crippen LogP contribution is 2.43. The zero-order chi connectivity index (χ0) is 22.0. The highest BCUT2D eigenvalue weighted by Gasteiger charge is 2.33. The summed E-state index contributed by atoms with van der Waals surface area (Å²) in [6.45, 7) is 4.95. The molecule has 0 radical (unpaired) electrons. The summed E-state index contributed by atoms with van der Waals surface area (Å²) in [4.78, 5) is 44.9. The smallest absolute Gasteiger partial charge is 0.383 e. The fraction of sp³-hybridized carbons (Fsp3) is 0.500. The average Bonchev–Trinajstić information content (AvgIpc) is 2.84. The number of thiazole rings is 1. The van der Waals surface area contributed by atoms with Gasteiger partial charge in [0.25, 0.3) is 5.01 Å². The molecule has 0 aliphatic rings. The Balaban J connectivity index is 2.39. The Morgan fingerprint density at radius 1 is 1.24 bits per heavy atom. The topological polar surface area (TPSA) is 189 Å². The van der Waals surface area contributed by atoms with Crippen LogP contribution in [0.25, 0.3) is 0 Å². The van der Waals surface area contributed by atoms with Gasteiger partial charge in [-0.3, -0.25) is 9.05 Å². The molecular weight excluding hydrogens is 446 g/mol. The maximum absolute atomic E-state index is 11.3. The number of rotatable bonds is 9. The van der Waals surface area contributed by atoms with Crippen LogP contribution in [0.15, 0.2) is 6.20 Å². The SMILES string of the molecule is Cc1ncc(C[n+]2c(C(C)OP(=O)(O)O)sc(CCOP(=O)(O)O)c2C)c(N)n1. The monoisotopic (exact) mass is 469 g/mol. The van der Waals surface area contributed by atoms with Gasteiger partial charge in [-0.05, 0) is 13.8 Å². The molecule has 2 aromatic heterocycles. The summed E-state index contributed by atoms with van der Waals surface area (Å²) in [7, 11) is -9.34. The molecule has 12 nitrogen and oxygen atoms in total. The molecule has 0 aliphatic heterocycles. The molecule has 2 aromatic rings. The average molecular weight is 469 g/mol. The van der Waals surface area contributed by atoms with Crippen molar-refractivity contribution < 1.29 is 42.3 Å². The lowest BCUT2D eigenvalue weighted by Crippen LogP contribution is -2.41. The van der Waals surface area contributed by atoms with E-state index in [9.17, 15) is 9.13 Å². The Labute approximate surface area is 170 Å². The molecule has 0 saturated heterocycles. The second kappa shape index (κ2) is 9.25. The van der Waals surface area contributed by atoms with Gasteiger partial charge in [0.2, 0.25) is 0 Å². The number of nitrogens with zero attached hydrogens (tertiary/aromatic N) is 3. The molecule has 6 N–H and O–H groups in total. The van der Waals surface area contributed by atoms with E-state index in [0.717, 1.165) is 0 Å². The normalized spacial score (nSPS) is 13.6. The number of nitrogens with two attached hydrogens (primary N) is 1. The van der Waals surface area contributed by atoms with Gasteiger partial charge in [0.05, 0.1) is 17.0 Å². The van der Waals surface area contributed by atoms with Crippen molar-refractivity contribution in [2.24, 2.45) is 0 Å². The lowest BCUT2D eigenvalue weighted by atomic mass is 10.2. The number of phosphoric acid groups is 2. The van der Waals surface area contributed by atoms with E-state index < -0.39 is 21.7 Å². The highest BCUT2D eigenvalue weighted by atomic mass is 32.1. The summed E-state index contributed by atoms with van der Waals surface area (Å²) in [6, 6.07) is 0. The van der Waals surface area contributed by atoms with E-state index >= 15 is 0 Å². The van der Waals surface area contributed by atoms with E-state index in [4.69, 9.17) is 29.8 Å². The first kappa shape index (κ1) is 24.0. The third kappa shape index (κ3) is 7.18. The third-order valence-corrected chi connectivity index (χ3v) is 6.50. The van der Waals surface area contributed by atoms with Crippen LogP contribution >= 0.6 is 27.0 Å². The van der Waals surface area contributed by atoms with Gasteiger partial charge in [-0.25, -0.2) is 19.1 Å². The van der Waals surface area contributed by atoms with Crippen molar-refractivity contribution in [3.8, 4) is 0 Å². The molecule has 2 rings (SSSR count). The van der Waals surface area contributed by atoms with E-state index in [0.29, 0.717) is 27.0 Å². The van der Waals surface area contributed by atoms with E-state index in [-0.39, 0.29) is 25.4 Å². The largest absolute Gasteiger partial charge is 0.470 e. The van der Waals surface area contributed by atoms with Crippen molar-refractivity contribution in [3.05, 3.63) is 33.2 Å². The Kier molecular flexibility index (Phi) is 7.66. The summed E-state index contributed by atoms with van der Waals surface area (Å²) >= 11 is 1.19. The summed E-state index contributed by atoms with van der Waals surface area (Å²) in [6.07, 6.45) is 0.796. The van der Waals surface area contributed by atoms with Gasteiger partial charge in [0, 0.05) is 19.5 Å². The summed E-state index contributed by atoms with van der Waals surface area (Å²) in [5.41, 5.74) is 7.27. The molecule has 1 atom stereocenters. The summed E-state index contributed by atoms with van der Waals surface area (Å²) in [5.74, 6) is 0.781. The fourth-order valence-corrected chi connectivity index (χ4v) is 4.75. The van der Waals surface area contributed by atoms with E-state index in [2.05, 4.69) is 14.5 Å². The van der Waals surface area contributed by atoms with E-state index in [1.165, 1.54) is 18.3 Å². The second-order valence-corrected chi connectivity index (χ2v) is 9.72. The van der Waals surface area contributed by atoms with Gasteiger partial charge < -0.3 is 25.3 Å². The summed E-state index contributed by atoms with van der Waals surface area (Å²) < 4.78 is 33.2. The first-order valence-electron chi connectivity index (χ1n) is 8.31. The third-order valence-electron chi connectivity index (χ3n) is 3.88. The fourth-order valence-electron chi connectivity index (χ4n) is 2.61. The molecule has 0 bridgehead atoms. The minimum atomic E-state index is -4.74. The predicted octanol–water partition coefficient (Wildman–Crippen LogP) is 0.895. The number of anilines is 1. The highest BCUT2D eigenvalue weighted by molar-refractivity contribution is 7.46. The number of phosphoric ester groups is 2. The quantitative estimate of drug-likeness (QED) is 0.259. The minimum Gasteiger partial charge on any atom is -0.383 e. The summed E-state index contributed by atoms with van der Waals surface area (Å²) in [5, 5.41) is 0.483. The van der Waals surface area contributed by atoms with Gasteiger partial charge in [0.1, 0.15) is 11.6 Å². The minimum absolute atomic E-state index is 0.185. The lowest BCUT2D eigenvalue weighted by Gasteiger charge is -2.11. The van der Waals surface area contributed by atoms with Crippen LogP contribution in [0.4, 0.5) is 5.82 Å². The van der Waals surface area contributed by atoms with Crippen LogP contribution in [-0.2, 0) is 31.1 Å². The zero-order valence-corrected chi connectivity index (χ0v) is 18.5. The molecule has 0 aromatic carbocycles. The maximum atomic E-state index is 11.3. The molecule has 0 spiro atoms. The van der Waals surface area contributed by atoms with Crippen molar-refractivity contribution in [3.63, 3.8) is 0 Å². The van der Waals surface area contributed by atoms with Crippen LogP contribution in [-0.4, -0.2) is 36.1 Å². The Hall–Kier alpha value is -1.27. The molecule has 0 aliphatic carbocycles. The van der Waals surface area contributed by atoms with Gasteiger partial charge >= 0.3 is 15.6 Å². The predicted molar refractivity (Wildman–Crippen MR) is 103 cm³/mol. The van der Waals surface area contributed by atoms with Crippen molar-refractivity contribution in [1.82, 2.24) is 9.97 Å². The Bertz CT molecular complexity index is 973. The van der Waals surface area contributed by atoms with Crippen molar-refractivity contribution in [2.75, 3.05) is 12.3 Å². The molecule has 15 heteroatoms. The molecule has 0 fully saturated rings. The van der Waals surface area contributed by atoms with Gasteiger partial charge in [-0.15, -0.1) is 0 Å². The number of nitrogen functional groups attached to an aromatic ring is 1. The van der Waals surface area contributed by atoms with Gasteiger partial charge in [-0.1, -0.05) is 11.3 Å². The molecule has 2 heterocycles.